The highest BCUT2D eigenvalue weighted by atomic mass is 32.2. The molecule has 0 atom stereocenters. The van der Waals surface area contributed by atoms with Gasteiger partial charge in [0.2, 0.25) is 10.0 Å². The van der Waals surface area contributed by atoms with E-state index in [2.05, 4.69) is 14.7 Å². The standard InChI is InChI=1S/C14H19N3O2S/c1-4-20(18,19)17-14-7-12(10(2)5-11(14)3)6-13-8-15-9-16-13/h5,7-9,17H,4,6H2,1-3H3,(H,15,16). The molecule has 5 nitrogen and oxygen atoms in total. The lowest BCUT2D eigenvalue weighted by Crippen LogP contribution is -2.15. The summed E-state index contributed by atoms with van der Waals surface area (Å²) in [4.78, 5) is 7.05. The second kappa shape index (κ2) is 5.66. The van der Waals surface area contributed by atoms with Crippen molar-refractivity contribution < 1.29 is 8.42 Å². The molecule has 0 fully saturated rings. The molecule has 0 saturated heterocycles. The average Bonchev–Trinajstić information content (AvgIpc) is 2.88. The Bertz CT molecular complexity index is 691. The summed E-state index contributed by atoms with van der Waals surface area (Å²) in [6.45, 7) is 5.55. The molecule has 108 valence electrons. The number of sulfonamides is 1. The Morgan fingerprint density at radius 3 is 2.60 bits per heavy atom. The van der Waals surface area contributed by atoms with Crippen molar-refractivity contribution in [2.24, 2.45) is 0 Å². The summed E-state index contributed by atoms with van der Waals surface area (Å²) < 4.78 is 26.0. The van der Waals surface area contributed by atoms with Crippen LogP contribution < -0.4 is 4.72 Å². The van der Waals surface area contributed by atoms with E-state index in [0.717, 1.165) is 22.4 Å². The van der Waals surface area contributed by atoms with Crippen molar-refractivity contribution in [2.75, 3.05) is 10.5 Å². The number of H-pyrrole nitrogens is 1. The quantitative estimate of drug-likeness (QED) is 0.888. The summed E-state index contributed by atoms with van der Waals surface area (Å²) in [5.41, 5.74) is 4.78. The van der Waals surface area contributed by atoms with Crippen LogP contribution >= 0.6 is 0 Å². The van der Waals surface area contributed by atoms with Gasteiger partial charge in [0.15, 0.2) is 0 Å². The summed E-state index contributed by atoms with van der Waals surface area (Å²) in [5, 5.41) is 0. The van der Waals surface area contributed by atoms with Crippen molar-refractivity contribution in [1.82, 2.24) is 9.97 Å². The smallest absolute Gasteiger partial charge is 0.232 e. The third-order valence-electron chi connectivity index (χ3n) is 3.26. The zero-order valence-electron chi connectivity index (χ0n) is 11.9. The van der Waals surface area contributed by atoms with E-state index in [4.69, 9.17) is 0 Å². The van der Waals surface area contributed by atoms with Crippen molar-refractivity contribution >= 4 is 15.7 Å². The van der Waals surface area contributed by atoms with E-state index in [1.54, 1.807) is 19.4 Å². The fourth-order valence-corrected chi connectivity index (χ4v) is 2.72. The van der Waals surface area contributed by atoms with Gasteiger partial charge < -0.3 is 4.98 Å². The molecular formula is C14H19N3O2S. The maximum Gasteiger partial charge on any atom is 0.232 e. The van der Waals surface area contributed by atoms with Gasteiger partial charge >= 0.3 is 0 Å². The second-order valence-corrected chi connectivity index (χ2v) is 6.86. The largest absolute Gasteiger partial charge is 0.348 e. The zero-order chi connectivity index (χ0) is 14.8. The molecule has 2 aromatic rings. The molecule has 0 saturated carbocycles. The van der Waals surface area contributed by atoms with E-state index in [9.17, 15) is 8.42 Å². The molecule has 0 aliphatic heterocycles. The third kappa shape index (κ3) is 3.39. The Labute approximate surface area is 119 Å². The van der Waals surface area contributed by atoms with E-state index in [1.807, 2.05) is 26.0 Å². The van der Waals surface area contributed by atoms with Crippen molar-refractivity contribution in [3.8, 4) is 0 Å². The molecule has 0 amide bonds. The van der Waals surface area contributed by atoms with E-state index >= 15 is 0 Å². The first-order valence-electron chi connectivity index (χ1n) is 6.49. The molecule has 1 aromatic carbocycles. The van der Waals surface area contributed by atoms with Gasteiger partial charge in [-0.05, 0) is 43.5 Å². The lowest BCUT2D eigenvalue weighted by atomic mass is 10.0. The van der Waals surface area contributed by atoms with Crippen LogP contribution in [0.2, 0.25) is 0 Å². The van der Waals surface area contributed by atoms with Crippen LogP contribution in [0, 0.1) is 13.8 Å². The molecular weight excluding hydrogens is 274 g/mol. The molecule has 0 unspecified atom stereocenters. The van der Waals surface area contributed by atoms with Crippen LogP contribution in [0.3, 0.4) is 0 Å². The van der Waals surface area contributed by atoms with E-state index in [1.165, 1.54) is 0 Å². The number of nitrogens with one attached hydrogen (secondary N) is 2. The first-order chi connectivity index (χ1) is 9.41. The maximum absolute atomic E-state index is 11.7. The highest BCUT2D eigenvalue weighted by Crippen LogP contribution is 2.23. The van der Waals surface area contributed by atoms with Gasteiger partial charge in [-0.25, -0.2) is 13.4 Å². The number of nitrogens with zero attached hydrogens (tertiary/aromatic N) is 1. The predicted molar refractivity (Wildman–Crippen MR) is 80.4 cm³/mol. The number of aryl methyl sites for hydroxylation is 2. The van der Waals surface area contributed by atoms with E-state index < -0.39 is 10.0 Å². The van der Waals surface area contributed by atoms with Crippen LogP contribution in [0.4, 0.5) is 5.69 Å². The van der Waals surface area contributed by atoms with Crippen LogP contribution in [0.15, 0.2) is 24.7 Å². The van der Waals surface area contributed by atoms with Gasteiger partial charge in [-0.1, -0.05) is 6.07 Å². The summed E-state index contributed by atoms with van der Waals surface area (Å²) in [5.74, 6) is 0.0657. The molecule has 1 aromatic heterocycles. The van der Waals surface area contributed by atoms with Crippen LogP contribution in [-0.2, 0) is 16.4 Å². The predicted octanol–water partition coefficient (Wildman–Crippen LogP) is 2.38. The lowest BCUT2D eigenvalue weighted by molar-refractivity contribution is 0.602. The Balaban J connectivity index is 2.34. The molecule has 0 aliphatic rings. The molecule has 0 aliphatic carbocycles. The number of hydrogen-bond acceptors (Lipinski definition) is 3. The van der Waals surface area contributed by atoms with Crippen molar-refractivity contribution in [3.05, 3.63) is 47.0 Å². The minimum Gasteiger partial charge on any atom is -0.348 e. The van der Waals surface area contributed by atoms with Crippen LogP contribution in [-0.4, -0.2) is 24.1 Å². The molecule has 1 heterocycles. The summed E-state index contributed by atoms with van der Waals surface area (Å²) >= 11 is 0. The number of imidazole rings is 1. The Hall–Kier alpha value is -1.82. The molecule has 0 spiro atoms. The van der Waals surface area contributed by atoms with Gasteiger partial charge in [0.25, 0.3) is 0 Å². The van der Waals surface area contributed by atoms with Gasteiger partial charge in [-0.2, -0.15) is 0 Å². The van der Waals surface area contributed by atoms with E-state index in [0.29, 0.717) is 12.1 Å². The zero-order valence-corrected chi connectivity index (χ0v) is 12.7. The Kier molecular flexibility index (Phi) is 4.13. The second-order valence-electron chi connectivity index (χ2n) is 4.85. The Morgan fingerprint density at radius 2 is 2.00 bits per heavy atom. The van der Waals surface area contributed by atoms with Gasteiger partial charge in [-0.15, -0.1) is 0 Å². The van der Waals surface area contributed by atoms with Crippen LogP contribution in [0.1, 0.15) is 29.3 Å². The number of aromatic amines is 1. The summed E-state index contributed by atoms with van der Waals surface area (Å²) in [6, 6.07) is 3.90. The van der Waals surface area contributed by atoms with Crippen LogP contribution in [0.5, 0.6) is 0 Å². The number of benzene rings is 1. The lowest BCUT2D eigenvalue weighted by Gasteiger charge is -2.13. The summed E-state index contributed by atoms with van der Waals surface area (Å²) in [6.07, 6.45) is 4.11. The van der Waals surface area contributed by atoms with Gasteiger partial charge in [0.1, 0.15) is 0 Å². The monoisotopic (exact) mass is 293 g/mol. The topological polar surface area (TPSA) is 74.8 Å². The fourth-order valence-electron chi connectivity index (χ4n) is 2.02. The molecule has 0 bridgehead atoms. The highest BCUT2D eigenvalue weighted by Gasteiger charge is 2.11. The Morgan fingerprint density at radius 1 is 1.25 bits per heavy atom. The molecule has 20 heavy (non-hydrogen) atoms. The van der Waals surface area contributed by atoms with E-state index in [-0.39, 0.29) is 5.75 Å². The fraction of sp³-hybridized carbons (Fsp3) is 0.357. The number of rotatable bonds is 5. The summed E-state index contributed by atoms with van der Waals surface area (Å²) in [7, 11) is -3.26. The normalized spacial score (nSPS) is 11.6. The molecule has 6 heteroatoms. The average molecular weight is 293 g/mol. The molecule has 0 radical (unpaired) electrons. The third-order valence-corrected chi connectivity index (χ3v) is 4.56. The van der Waals surface area contributed by atoms with Gasteiger partial charge in [-0.3, -0.25) is 4.72 Å². The van der Waals surface area contributed by atoms with Crippen molar-refractivity contribution in [1.29, 1.82) is 0 Å². The number of anilines is 1. The minimum atomic E-state index is -3.26. The van der Waals surface area contributed by atoms with Gasteiger partial charge in [0, 0.05) is 18.3 Å². The SMILES string of the molecule is CCS(=O)(=O)Nc1cc(Cc2cnc[nH]2)c(C)cc1C. The van der Waals surface area contributed by atoms with Gasteiger partial charge in [0.05, 0.1) is 17.8 Å². The van der Waals surface area contributed by atoms with Crippen molar-refractivity contribution in [3.63, 3.8) is 0 Å². The minimum absolute atomic E-state index is 0.0657. The maximum atomic E-state index is 11.7. The van der Waals surface area contributed by atoms with Crippen molar-refractivity contribution in [2.45, 2.75) is 27.2 Å². The molecule has 2 rings (SSSR count). The first-order valence-corrected chi connectivity index (χ1v) is 8.14. The number of hydrogen-bond donors (Lipinski definition) is 2. The number of aromatic nitrogens is 2. The molecule has 2 N–H and O–H groups in total. The first kappa shape index (κ1) is 14.6. The highest BCUT2D eigenvalue weighted by molar-refractivity contribution is 7.92. The van der Waals surface area contributed by atoms with Crippen LogP contribution in [0.25, 0.3) is 0 Å².